The van der Waals surface area contributed by atoms with Crippen LogP contribution in [0.3, 0.4) is 0 Å². The summed E-state index contributed by atoms with van der Waals surface area (Å²) < 4.78 is 0. The first-order valence-corrected chi connectivity index (χ1v) is 6.77. The van der Waals surface area contributed by atoms with Gasteiger partial charge in [0, 0.05) is 13.1 Å². The van der Waals surface area contributed by atoms with Gasteiger partial charge in [-0.05, 0) is 20.8 Å². The molecule has 1 atom stereocenters. The third-order valence-electron chi connectivity index (χ3n) is 4.31. The maximum absolute atomic E-state index is 12.6. The molecular formula is C14H21N3O3. The second kappa shape index (κ2) is 4.92. The number of rotatable bonds is 2. The van der Waals surface area contributed by atoms with Gasteiger partial charge in [-0.2, -0.15) is 0 Å². The Bertz CT molecular complexity index is 484. The molecule has 110 valence electrons. The minimum Gasteiger partial charge on any atom is -0.345 e. The molecule has 0 spiro atoms. The molecule has 20 heavy (non-hydrogen) atoms. The van der Waals surface area contributed by atoms with Crippen molar-refractivity contribution in [3.8, 4) is 0 Å². The Morgan fingerprint density at radius 3 is 2.60 bits per heavy atom. The van der Waals surface area contributed by atoms with Crippen molar-refractivity contribution in [2.24, 2.45) is 5.41 Å². The molecule has 0 bridgehead atoms. The predicted molar refractivity (Wildman–Crippen MR) is 73.7 cm³/mol. The molecule has 0 unspecified atom stereocenters. The van der Waals surface area contributed by atoms with E-state index in [-0.39, 0.29) is 30.8 Å². The fourth-order valence-corrected chi connectivity index (χ4v) is 2.45. The van der Waals surface area contributed by atoms with E-state index in [1.165, 1.54) is 0 Å². The number of carbonyl (C=O) groups is 3. The minimum absolute atomic E-state index is 0.0459. The highest BCUT2D eigenvalue weighted by Crippen LogP contribution is 2.28. The zero-order chi connectivity index (χ0) is 15.1. The molecule has 0 aliphatic carbocycles. The molecule has 2 aliphatic rings. The van der Waals surface area contributed by atoms with Crippen LogP contribution in [0.25, 0.3) is 0 Å². The molecule has 0 aromatic heterocycles. The molecule has 2 aliphatic heterocycles. The van der Waals surface area contributed by atoms with Gasteiger partial charge in [-0.3, -0.25) is 14.4 Å². The lowest BCUT2D eigenvalue weighted by molar-refractivity contribution is -0.154. The highest BCUT2D eigenvalue weighted by molar-refractivity contribution is 5.96. The van der Waals surface area contributed by atoms with E-state index in [1.54, 1.807) is 9.80 Å². The van der Waals surface area contributed by atoms with Crippen molar-refractivity contribution in [2.45, 2.75) is 26.8 Å². The van der Waals surface area contributed by atoms with Gasteiger partial charge in [0.1, 0.15) is 6.04 Å². The van der Waals surface area contributed by atoms with E-state index >= 15 is 0 Å². The summed E-state index contributed by atoms with van der Waals surface area (Å²) in [6.07, 6.45) is 0. The molecule has 1 N–H and O–H groups in total. The van der Waals surface area contributed by atoms with Crippen LogP contribution >= 0.6 is 0 Å². The number of piperazine rings is 2. The molecule has 0 radical (unpaired) electrons. The summed E-state index contributed by atoms with van der Waals surface area (Å²) in [4.78, 5) is 39.4. The monoisotopic (exact) mass is 279 g/mol. The predicted octanol–water partition coefficient (Wildman–Crippen LogP) is -0.242. The topological polar surface area (TPSA) is 69.7 Å². The Labute approximate surface area is 118 Å². The normalized spacial score (nSPS) is 23.2. The fourth-order valence-electron chi connectivity index (χ4n) is 2.45. The Kier molecular flexibility index (Phi) is 3.58. The van der Waals surface area contributed by atoms with Crippen LogP contribution in [0, 0.1) is 5.41 Å². The van der Waals surface area contributed by atoms with Gasteiger partial charge in [0.15, 0.2) is 0 Å². The summed E-state index contributed by atoms with van der Waals surface area (Å²) >= 11 is 0. The van der Waals surface area contributed by atoms with Crippen molar-refractivity contribution in [3.63, 3.8) is 0 Å². The molecule has 0 aromatic carbocycles. The zero-order valence-corrected chi connectivity index (χ0v) is 12.2. The summed E-state index contributed by atoms with van der Waals surface area (Å²) in [6.45, 7) is 10.5. The molecule has 6 nitrogen and oxygen atoms in total. The Hall–Kier alpha value is -1.85. The number of amides is 3. The van der Waals surface area contributed by atoms with Crippen molar-refractivity contribution in [1.82, 2.24) is 15.1 Å². The highest BCUT2D eigenvalue weighted by atomic mass is 16.2. The molecule has 2 heterocycles. The van der Waals surface area contributed by atoms with E-state index in [0.717, 1.165) is 5.57 Å². The van der Waals surface area contributed by atoms with Crippen molar-refractivity contribution in [3.05, 3.63) is 12.2 Å². The first kappa shape index (κ1) is 14.6. The summed E-state index contributed by atoms with van der Waals surface area (Å²) in [5.41, 5.74) is 0.131. The lowest BCUT2D eigenvalue weighted by atomic mass is 9.84. The van der Waals surface area contributed by atoms with Gasteiger partial charge >= 0.3 is 0 Å². The first-order valence-electron chi connectivity index (χ1n) is 6.77. The van der Waals surface area contributed by atoms with E-state index in [4.69, 9.17) is 0 Å². The fraction of sp³-hybridized carbons (Fsp3) is 0.643. The van der Waals surface area contributed by atoms with E-state index in [1.807, 2.05) is 20.8 Å². The number of nitrogens with one attached hydrogen (secondary N) is 1. The maximum Gasteiger partial charge on any atom is 0.245 e. The maximum atomic E-state index is 12.6. The van der Waals surface area contributed by atoms with E-state index < -0.39 is 11.5 Å². The van der Waals surface area contributed by atoms with E-state index in [0.29, 0.717) is 13.1 Å². The number of hydrogen-bond acceptors (Lipinski definition) is 3. The molecule has 6 heteroatoms. The van der Waals surface area contributed by atoms with Gasteiger partial charge in [0.05, 0.1) is 18.5 Å². The van der Waals surface area contributed by atoms with Crippen molar-refractivity contribution >= 4 is 17.7 Å². The second-order valence-corrected chi connectivity index (χ2v) is 5.98. The van der Waals surface area contributed by atoms with Crippen LogP contribution in [-0.2, 0) is 14.4 Å². The number of nitrogens with zero attached hydrogens (tertiary/aromatic N) is 2. The minimum atomic E-state index is -0.655. The Morgan fingerprint density at radius 1 is 1.35 bits per heavy atom. The molecule has 2 rings (SSSR count). The summed E-state index contributed by atoms with van der Waals surface area (Å²) in [7, 11) is 0. The molecular weight excluding hydrogens is 258 g/mol. The molecule has 2 saturated heterocycles. The smallest absolute Gasteiger partial charge is 0.245 e. The largest absolute Gasteiger partial charge is 0.345 e. The van der Waals surface area contributed by atoms with E-state index in [9.17, 15) is 14.4 Å². The van der Waals surface area contributed by atoms with Gasteiger partial charge in [0.2, 0.25) is 17.7 Å². The van der Waals surface area contributed by atoms with Crippen LogP contribution in [0.1, 0.15) is 20.8 Å². The van der Waals surface area contributed by atoms with Crippen LogP contribution in [0.5, 0.6) is 0 Å². The summed E-state index contributed by atoms with van der Waals surface area (Å²) in [6, 6.07) is -0.560. The zero-order valence-electron chi connectivity index (χ0n) is 12.2. The van der Waals surface area contributed by atoms with Crippen LogP contribution in [0.15, 0.2) is 12.2 Å². The van der Waals surface area contributed by atoms with Gasteiger partial charge in [-0.25, -0.2) is 0 Å². The molecule has 2 fully saturated rings. The SMILES string of the molecule is C=C(C)C(C)(C)C(=O)N1CCN2C(=O)CNC(=O)[C@H]2C1. The lowest BCUT2D eigenvalue weighted by Crippen LogP contribution is -2.67. The highest BCUT2D eigenvalue weighted by Gasteiger charge is 2.42. The summed E-state index contributed by atoms with van der Waals surface area (Å²) in [5, 5.41) is 2.57. The Balaban J connectivity index is 2.14. The molecule has 0 saturated carbocycles. The Morgan fingerprint density at radius 2 is 2.00 bits per heavy atom. The molecule has 3 amide bonds. The van der Waals surface area contributed by atoms with E-state index in [2.05, 4.69) is 11.9 Å². The quantitative estimate of drug-likeness (QED) is 0.709. The number of carbonyl (C=O) groups excluding carboxylic acids is 3. The lowest BCUT2D eigenvalue weighted by Gasteiger charge is -2.44. The van der Waals surface area contributed by atoms with Gasteiger partial charge in [-0.1, -0.05) is 12.2 Å². The van der Waals surface area contributed by atoms with Crippen LogP contribution in [0.2, 0.25) is 0 Å². The summed E-state index contributed by atoms with van der Waals surface area (Å²) in [5.74, 6) is -0.313. The van der Waals surface area contributed by atoms with Crippen molar-refractivity contribution in [1.29, 1.82) is 0 Å². The number of fused-ring (bicyclic) bond motifs is 1. The van der Waals surface area contributed by atoms with Gasteiger partial charge in [-0.15, -0.1) is 0 Å². The molecule has 0 aromatic rings. The average Bonchev–Trinajstić information content (AvgIpc) is 2.41. The van der Waals surface area contributed by atoms with Gasteiger partial charge < -0.3 is 15.1 Å². The van der Waals surface area contributed by atoms with Crippen LogP contribution in [-0.4, -0.2) is 59.7 Å². The van der Waals surface area contributed by atoms with Crippen LogP contribution < -0.4 is 5.32 Å². The average molecular weight is 279 g/mol. The number of hydrogen-bond donors (Lipinski definition) is 1. The second-order valence-electron chi connectivity index (χ2n) is 5.98. The van der Waals surface area contributed by atoms with Crippen molar-refractivity contribution < 1.29 is 14.4 Å². The third-order valence-corrected chi connectivity index (χ3v) is 4.31. The third kappa shape index (κ3) is 2.30. The first-order chi connectivity index (χ1) is 9.25. The standard InChI is InChI=1S/C14H21N3O3/c1-9(2)14(3,4)13(20)16-5-6-17-10(8-16)12(19)15-7-11(17)18/h10H,1,5-8H2,2-4H3,(H,15,19)/t10-/m1/s1. The van der Waals surface area contributed by atoms with Crippen molar-refractivity contribution in [2.75, 3.05) is 26.2 Å². The van der Waals surface area contributed by atoms with Crippen LogP contribution in [0.4, 0.5) is 0 Å². The van der Waals surface area contributed by atoms with Gasteiger partial charge in [0.25, 0.3) is 0 Å².